The fraction of sp³-hybridized carbons (Fsp3) is 0.556. The van der Waals surface area contributed by atoms with Gasteiger partial charge in [0.2, 0.25) is 0 Å². The Kier molecular flexibility index (Phi) is 7.62. The minimum Gasteiger partial charge on any atom is -0.450 e. The van der Waals surface area contributed by atoms with Gasteiger partial charge in [-0.15, -0.1) is 0 Å². The number of piperazine rings is 1. The van der Waals surface area contributed by atoms with Crippen LogP contribution >= 0.6 is 0 Å². The van der Waals surface area contributed by atoms with Crippen LogP contribution in [0.25, 0.3) is 0 Å². The minimum atomic E-state index is -0.839. The molecule has 1 aliphatic heterocycles. The van der Waals surface area contributed by atoms with Crippen molar-refractivity contribution < 1.29 is 18.3 Å². The van der Waals surface area contributed by atoms with E-state index in [1.54, 1.807) is 17.9 Å². The Morgan fingerprint density at radius 2 is 1.88 bits per heavy atom. The van der Waals surface area contributed by atoms with Gasteiger partial charge in [0.1, 0.15) is 0 Å². The van der Waals surface area contributed by atoms with E-state index in [0.717, 1.165) is 6.07 Å². The number of rotatable bonds is 5. The van der Waals surface area contributed by atoms with E-state index in [-0.39, 0.29) is 6.09 Å². The van der Waals surface area contributed by atoms with Crippen LogP contribution in [0.15, 0.2) is 23.2 Å². The van der Waals surface area contributed by atoms with E-state index in [9.17, 15) is 13.6 Å². The Bertz CT molecular complexity index is 632. The summed E-state index contributed by atoms with van der Waals surface area (Å²) in [6.07, 6.45) is 0.0250. The zero-order valence-corrected chi connectivity index (χ0v) is 15.3. The van der Waals surface area contributed by atoms with Gasteiger partial charge in [-0.2, -0.15) is 0 Å². The molecule has 26 heavy (non-hydrogen) atoms. The van der Waals surface area contributed by atoms with Gasteiger partial charge in [0.25, 0.3) is 0 Å². The molecule has 0 aromatic heterocycles. The highest BCUT2D eigenvalue weighted by Crippen LogP contribution is 2.12. The number of guanidine groups is 1. The maximum Gasteiger partial charge on any atom is 0.409 e. The summed E-state index contributed by atoms with van der Waals surface area (Å²) in [5.41, 5.74) is 0.316. The van der Waals surface area contributed by atoms with Gasteiger partial charge in [-0.25, -0.2) is 13.6 Å². The molecule has 1 aromatic carbocycles. The first kappa shape index (κ1) is 19.9. The molecule has 1 aliphatic rings. The molecule has 8 heteroatoms. The van der Waals surface area contributed by atoms with Gasteiger partial charge in [-0.3, -0.25) is 4.99 Å². The van der Waals surface area contributed by atoms with Crippen molar-refractivity contribution in [3.63, 3.8) is 0 Å². The predicted molar refractivity (Wildman–Crippen MR) is 96.2 cm³/mol. The molecule has 2 rings (SSSR count). The number of hydrogen-bond acceptors (Lipinski definition) is 3. The molecule has 1 aromatic rings. The first-order valence-electron chi connectivity index (χ1n) is 8.94. The van der Waals surface area contributed by atoms with Crippen molar-refractivity contribution in [3.05, 3.63) is 35.4 Å². The molecule has 0 spiro atoms. The number of aliphatic imine (C=N–C) groups is 1. The van der Waals surface area contributed by atoms with E-state index in [2.05, 4.69) is 15.2 Å². The average Bonchev–Trinajstić information content (AvgIpc) is 2.65. The zero-order chi connectivity index (χ0) is 18.9. The molecular weight excluding hydrogens is 342 g/mol. The summed E-state index contributed by atoms with van der Waals surface area (Å²) in [7, 11) is 0. The van der Waals surface area contributed by atoms with Crippen molar-refractivity contribution >= 4 is 12.1 Å². The van der Waals surface area contributed by atoms with Crippen molar-refractivity contribution in [1.29, 1.82) is 0 Å². The number of halogens is 2. The van der Waals surface area contributed by atoms with Crippen molar-refractivity contribution in [3.8, 4) is 0 Å². The summed E-state index contributed by atoms with van der Waals surface area (Å²) < 4.78 is 32.0. The third kappa shape index (κ3) is 5.31. The predicted octanol–water partition coefficient (Wildman–Crippen LogP) is 2.25. The second kappa shape index (κ2) is 9.94. The molecule has 0 radical (unpaired) electrons. The number of amides is 1. The molecule has 1 amide bonds. The number of carbonyl (C=O) groups is 1. The second-order valence-corrected chi connectivity index (χ2v) is 5.87. The number of hydrogen-bond donors (Lipinski definition) is 1. The second-order valence-electron chi connectivity index (χ2n) is 5.87. The van der Waals surface area contributed by atoms with Crippen LogP contribution < -0.4 is 5.32 Å². The first-order valence-corrected chi connectivity index (χ1v) is 8.94. The van der Waals surface area contributed by atoms with Crippen LogP contribution in [0.5, 0.6) is 0 Å². The van der Waals surface area contributed by atoms with Crippen molar-refractivity contribution in [1.82, 2.24) is 15.1 Å². The molecule has 0 bridgehead atoms. The smallest absolute Gasteiger partial charge is 0.409 e. The molecule has 0 atom stereocenters. The number of carbonyl (C=O) groups excluding carboxylic acids is 1. The standard InChI is InChI=1S/C18H26F2N4O2/c1-3-21-17(22-9-8-14-6-5-7-15(19)16(14)20)23-10-12-24(13-11-23)18(25)26-4-2/h5-7H,3-4,8-13H2,1-2H3,(H,21,22). The normalized spacial score (nSPS) is 15.2. The van der Waals surface area contributed by atoms with Crippen LogP contribution in [0, 0.1) is 11.6 Å². The molecule has 1 N–H and O–H groups in total. The summed E-state index contributed by atoms with van der Waals surface area (Å²) in [6, 6.07) is 4.17. The molecule has 6 nitrogen and oxygen atoms in total. The molecule has 1 saturated heterocycles. The average molecular weight is 368 g/mol. The SMILES string of the molecule is CCNC(=NCCc1cccc(F)c1F)N1CCN(C(=O)OCC)CC1. The summed E-state index contributed by atoms with van der Waals surface area (Å²) >= 11 is 0. The highest BCUT2D eigenvalue weighted by atomic mass is 19.2. The van der Waals surface area contributed by atoms with Crippen molar-refractivity contribution in [2.24, 2.45) is 4.99 Å². The zero-order valence-electron chi connectivity index (χ0n) is 15.3. The molecule has 1 fully saturated rings. The highest BCUT2D eigenvalue weighted by molar-refractivity contribution is 5.80. The fourth-order valence-corrected chi connectivity index (χ4v) is 2.77. The van der Waals surface area contributed by atoms with Crippen LogP contribution in [-0.4, -0.2) is 67.7 Å². The van der Waals surface area contributed by atoms with E-state index in [0.29, 0.717) is 63.8 Å². The van der Waals surface area contributed by atoms with Gasteiger partial charge in [-0.05, 0) is 31.9 Å². The Hall–Kier alpha value is -2.38. The van der Waals surface area contributed by atoms with Crippen LogP contribution in [0.2, 0.25) is 0 Å². The Morgan fingerprint density at radius 3 is 2.54 bits per heavy atom. The van der Waals surface area contributed by atoms with Crippen LogP contribution in [0.3, 0.4) is 0 Å². The lowest BCUT2D eigenvalue weighted by molar-refractivity contribution is 0.0914. The Labute approximate surface area is 152 Å². The summed E-state index contributed by atoms with van der Waals surface area (Å²) in [4.78, 5) is 20.0. The Morgan fingerprint density at radius 1 is 1.19 bits per heavy atom. The van der Waals surface area contributed by atoms with Gasteiger partial charge in [0, 0.05) is 39.3 Å². The first-order chi connectivity index (χ1) is 12.6. The largest absolute Gasteiger partial charge is 0.450 e. The van der Waals surface area contributed by atoms with E-state index in [1.165, 1.54) is 6.07 Å². The molecule has 0 saturated carbocycles. The van der Waals surface area contributed by atoms with Crippen LogP contribution in [-0.2, 0) is 11.2 Å². The highest BCUT2D eigenvalue weighted by Gasteiger charge is 2.23. The Balaban J connectivity index is 1.93. The molecule has 0 unspecified atom stereocenters. The van der Waals surface area contributed by atoms with E-state index in [1.807, 2.05) is 6.92 Å². The molecule has 1 heterocycles. The van der Waals surface area contributed by atoms with Gasteiger partial charge >= 0.3 is 6.09 Å². The molecule has 0 aliphatic carbocycles. The monoisotopic (exact) mass is 368 g/mol. The molecular formula is C18H26F2N4O2. The van der Waals surface area contributed by atoms with Crippen molar-refractivity contribution in [2.45, 2.75) is 20.3 Å². The number of ether oxygens (including phenoxy) is 1. The summed E-state index contributed by atoms with van der Waals surface area (Å²) in [5.74, 6) is -0.933. The van der Waals surface area contributed by atoms with Crippen molar-refractivity contribution in [2.75, 3.05) is 45.9 Å². The lowest BCUT2D eigenvalue weighted by Crippen LogP contribution is -2.54. The van der Waals surface area contributed by atoms with Crippen LogP contribution in [0.4, 0.5) is 13.6 Å². The number of benzene rings is 1. The number of nitrogens with one attached hydrogen (secondary N) is 1. The van der Waals surface area contributed by atoms with E-state index < -0.39 is 11.6 Å². The van der Waals surface area contributed by atoms with Gasteiger partial charge in [-0.1, -0.05) is 12.1 Å². The topological polar surface area (TPSA) is 57.2 Å². The summed E-state index contributed by atoms with van der Waals surface area (Å²) in [6.45, 7) is 7.55. The fourth-order valence-electron chi connectivity index (χ4n) is 2.77. The van der Waals surface area contributed by atoms with Gasteiger partial charge in [0.05, 0.1) is 6.61 Å². The van der Waals surface area contributed by atoms with Crippen LogP contribution in [0.1, 0.15) is 19.4 Å². The van der Waals surface area contributed by atoms with Gasteiger partial charge < -0.3 is 19.9 Å². The molecule has 144 valence electrons. The van der Waals surface area contributed by atoms with E-state index in [4.69, 9.17) is 4.74 Å². The maximum absolute atomic E-state index is 13.7. The quantitative estimate of drug-likeness (QED) is 0.640. The minimum absolute atomic E-state index is 0.296. The maximum atomic E-state index is 13.7. The van der Waals surface area contributed by atoms with Gasteiger partial charge in [0.15, 0.2) is 17.6 Å². The lowest BCUT2D eigenvalue weighted by atomic mass is 10.1. The van der Waals surface area contributed by atoms with E-state index >= 15 is 0 Å². The lowest BCUT2D eigenvalue weighted by Gasteiger charge is -2.35. The summed E-state index contributed by atoms with van der Waals surface area (Å²) in [5, 5.41) is 3.21. The third-order valence-corrected chi connectivity index (χ3v) is 4.11. The third-order valence-electron chi connectivity index (χ3n) is 4.11. The number of nitrogens with zero attached hydrogens (tertiary/aromatic N) is 3.